The molecule has 8 atom stereocenters. The molecule has 5 aliphatic rings. The van der Waals surface area contributed by atoms with Crippen LogP contribution < -0.4 is 16.5 Å². The van der Waals surface area contributed by atoms with Gasteiger partial charge in [0.2, 0.25) is 0 Å². The third kappa shape index (κ3) is 4.58. The third-order valence-corrected chi connectivity index (χ3v) is 11.4. The average molecular weight is 461 g/mol. The van der Waals surface area contributed by atoms with Crippen LogP contribution in [0.4, 0.5) is 0 Å². The molecule has 0 radical (unpaired) electrons. The maximum atomic E-state index is 11.5. The fraction of sp³-hybridized carbons (Fsp3) is 0.964. The zero-order chi connectivity index (χ0) is 23.9. The Morgan fingerprint density at radius 1 is 1.03 bits per heavy atom. The summed E-state index contributed by atoms with van der Waals surface area (Å²) in [6, 6.07) is 0. The second-order valence-electron chi connectivity index (χ2n) is 13.3. The maximum Gasteiger partial charge on any atom is 0.139 e. The summed E-state index contributed by atoms with van der Waals surface area (Å²) >= 11 is 0. The number of hydrazine groups is 2. The summed E-state index contributed by atoms with van der Waals surface area (Å²) in [6.45, 7) is 14.4. The van der Waals surface area contributed by atoms with Gasteiger partial charge in [0.25, 0.3) is 0 Å². The summed E-state index contributed by atoms with van der Waals surface area (Å²) in [5.41, 5.74) is 9.11. The minimum Gasteiger partial charge on any atom is -0.393 e. The summed E-state index contributed by atoms with van der Waals surface area (Å²) in [7, 11) is 0. The van der Waals surface area contributed by atoms with Gasteiger partial charge in [0.1, 0.15) is 5.84 Å². The number of aliphatic hydroxyl groups is 1. The van der Waals surface area contributed by atoms with Gasteiger partial charge in [0.15, 0.2) is 0 Å². The Morgan fingerprint density at radius 3 is 2.45 bits per heavy atom. The first-order chi connectivity index (χ1) is 15.7. The van der Waals surface area contributed by atoms with Crippen molar-refractivity contribution in [3.8, 4) is 0 Å². The van der Waals surface area contributed by atoms with E-state index in [2.05, 4.69) is 56.2 Å². The molecule has 0 aromatic heterocycles. The lowest BCUT2D eigenvalue weighted by Crippen LogP contribution is -2.57. The van der Waals surface area contributed by atoms with Crippen molar-refractivity contribution in [2.24, 2.45) is 50.9 Å². The molecule has 0 spiro atoms. The van der Waals surface area contributed by atoms with E-state index in [4.69, 9.17) is 0 Å². The van der Waals surface area contributed by atoms with Crippen LogP contribution in [0.3, 0.4) is 0 Å². The first-order valence-electron chi connectivity index (χ1n) is 14.2. The Balaban J connectivity index is 0.000000318. The molecule has 5 nitrogen and oxygen atoms in total. The zero-order valence-corrected chi connectivity index (χ0v) is 22.3. The van der Waals surface area contributed by atoms with E-state index in [0.29, 0.717) is 10.8 Å². The molecule has 5 rings (SSSR count). The van der Waals surface area contributed by atoms with Crippen LogP contribution in [0.15, 0.2) is 5.10 Å². The Kier molecular flexibility index (Phi) is 7.42. The van der Waals surface area contributed by atoms with Crippen molar-refractivity contribution in [3.05, 3.63) is 0 Å². The van der Waals surface area contributed by atoms with Gasteiger partial charge in [0.05, 0.1) is 6.10 Å². The standard InChI is InChI=1S/C25H44O.C3H8N4/c1-6-23(2,3)16-18-11-13-20-19-12-10-17-9-7-8-14-24(17,4)21(19)15-22(26)25(18,20)5;1-2-3-4-6-7-5-3/h17-22,26H,6-16H2,1-5H3;6-7H,2H2,1H3,(H,4,5). The van der Waals surface area contributed by atoms with Gasteiger partial charge in [-0.1, -0.05) is 60.8 Å². The molecule has 0 bridgehead atoms. The lowest BCUT2D eigenvalue weighted by Gasteiger charge is -2.62. The molecule has 0 aromatic carbocycles. The molecule has 190 valence electrons. The molecule has 1 heterocycles. The van der Waals surface area contributed by atoms with Crippen molar-refractivity contribution < 1.29 is 5.11 Å². The van der Waals surface area contributed by atoms with E-state index >= 15 is 0 Å². The molecule has 1 aliphatic heterocycles. The van der Waals surface area contributed by atoms with E-state index in [-0.39, 0.29) is 11.5 Å². The fourth-order valence-electron chi connectivity index (χ4n) is 8.92. The second-order valence-corrected chi connectivity index (χ2v) is 13.3. The van der Waals surface area contributed by atoms with Crippen LogP contribution in [0, 0.1) is 45.8 Å². The van der Waals surface area contributed by atoms with E-state index < -0.39 is 0 Å². The first-order valence-corrected chi connectivity index (χ1v) is 14.2. The third-order valence-electron chi connectivity index (χ3n) is 11.4. The Labute approximate surface area is 203 Å². The van der Waals surface area contributed by atoms with Gasteiger partial charge in [-0.25, -0.2) is 5.53 Å². The van der Waals surface area contributed by atoms with Gasteiger partial charge in [-0.2, -0.15) is 0 Å². The van der Waals surface area contributed by atoms with Crippen LogP contribution >= 0.6 is 0 Å². The summed E-state index contributed by atoms with van der Waals surface area (Å²) in [6.07, 6.45) is 16.0. The van der Waals surface area contributed by atoms with Crippen molar-refractivity contribution in [1.82, 2.24) is 16.5 Å². The van der Waals surface area contributed by atoms with Crippen LogP contribution in [0.5, 0.6) is 0 Å². The summed E-state index contributed by atoms with van der Waals surface area (Å²) < 4.78 is 0. The van der Waals surface area contributed by atoms with E-state index in [1.807, 2.05) is 6.92 Å². The van der Waals surface area contributed by atoms with Crippen LogP contribution in [0.1, 0.15) is 119 Å². The van der Waals surface area contributed by atoms with Gasteiger partial charge in [-0.15, -0.1) is 10.6 Å². The Morgan fingerprint density at radius 2 is 1.82 bits per heavy atom. The predicted octanol–water partition coefficient (Wildman–Crippen LogP) is 6.15. The number of aliphatic hydroxyl groups excluding tert-OH is 1. The molecule has 0 amide bonds. The lowest BCUT2D eigenvalue weighted by molar-refractivity contribution is -0.166. The molecule has 4 fully saturated rings. The Hall–Kier alpha value is -0.810. The van der Waals surface area contributed by atoms with E-state index in [9.17, 15) is 5.11 Å². The van der Waals surface area contributed by atoms with Crippen molar-refractivity contribution >= 4 is 5.84 Å². The van der Waals surface area contributed by atoms with Crippen LogP contribution in [0.25, 0.3) is 0 Å². The number of nitrogens with zero attached hydrogens (tertiary/aromatic N) is 1. The van der Waals surface area contributed by atoms with Crippen LogP contribution in [-0.2, 0) is 0 Å². The summed E-state index contributed by atoms with van der Waals surface area (Å²) in [5.74, 6) is 5.11. The molecule has 4 saturated carbocycles. The number of nitrogens with one attached hydrogen (secondary N) is 3. The Bertz CT molecular complexity index is 708. The summed E-state index contributed by atoms with van der Waals surface area (Å²) in [4.78, 5) is 0. The van der Waals surface area contributed by atoms with Gasteiger partial charge >= 0.3 is 0 Å². The number of hydrazone groups is 1. The number of hydrogen-bond donors (Lipinski definition) is 4. The van der Waals surface area contributed by atoms with Crippen molar-refractivity contribution in [3.63, 3.8) is 0 Å². The molecule has 0 aromatic rings. The minimum absolute atomic E-state index is 0.0635. The normalized spacial score (nSPS) is 44.3. The predicted molar refractivity (Wildman–Crippen MR) is 137 cm³/mol. The molecule has 4 aliphatic carbocycles. The lowest BCUT2D eigenvalue weighted by atomic mass is 9.44. The molecule has 8 unspecified atom stereocenters. The monoisotopic (exact) mass is 460 g/mol. The zero-order valence-electron chi connectivity index (χ0n) is 22.3. The van der Waals surface area contributed by atoms with E-state index in [1.165, 1.54) is 64.2 Å². The minimum atomic E-state index is -0.0635. The fourth-order valence-corrected chi connectivity index (χ4v) is 8.92. The number of fused-ring (bicyclic) bond motifs is 5. The smallest absolute Gasteiger partial charge is 0.139 e. The molecule has 0 saturated heterocycles. The molecular formula is C28H52N4O. The highest BCUT2D eigenvalue weighted by molar-refractivity contribution is 5.81. The van der Waals surface area contributed by atoms with Crippen molar-refractivity contribution in [2.75, 3.05) is 0 Å². The first kappa shape index (κ1) is 25.3. The number of amidine groups is 1. The van der Waals surface area contributed by atoms with E-state index in [1.54, 1.807) is 0 Å². The van der Waals surface area contributed by atoms with Crippen molar-refractivity contribution in [1.29, 1.82) is 0 Å². The second kappa shape index (κ2) is 9.68. The van der Waals surface area contributed by atoms with Crippen LogP contribution in [0.2, 0.25) is 0 Å². The number of hydrogen-bond acceptors (Lipinski definition) is 5. The highest BCUT2D eigenvalue weighted by atomic mass is 16.3. The summed E-state index contributed by atoms with van der Waals surface area (Å²) in [5, 5.41) is 15.3. The maximum absolute atomic E-state index is 11.5. The largest absolute Gasteiger partial charge is 0.393 e. The average Bonchev–Trinajstić information content (AvgIpc) is 3.44. The molecular weight excluding hydrogens is 408 g/mol. The van der Waals surface area contributed by atoms with E-state index in [0.717, 1.165) is 48.3 Å². The highest BCUT2D eigenvalue weighted by Gasteiger charge is 2.63. The topological polar surface area (TPSA) is 68.7 Å². The SMILES string of the molecule is CCC(C)(C)CC1CCC2C3CCC4CCCCC4(C)C3CC(O)C12C.CCC1=NNNN1. The van der Waals surface area contributed by atoms with Crippen LogP contribution in [-0.4, -0.2) is 17.0 Å². The quantitative estimate of drug-likeness (QED) is 0.406. The molecule has 33 heavy (non-hydrogen) atoms. The highest BCUT2D eigenvalue weighted by Crippen LogP contribution is 2.68. The van der Waals surface area contributed by atoms with Gasteiger partial charge < -0.3 is 5.11 Å². The molecule has 4 N–H and O–H groups in total. The van der Waals surface area contributed by atoms with Gasteiger partial charge in [-0.3, -0.25) is 5.43 Å². The number of rotatable bonds is 4. The van der Waals surface area contributed by atoms with Crippen molar-refractivity contribution in [2.45, 2.75) is 125 Å². The van der Waals surface area contributed by atoms with Gasteiger partial charge in [0, 0.05) is 6.42 Å². The van der Waals surface area contributed by atoms with Gasteiger partial charge in [-0.05, 0) is 97.2 Å². The molecule has 5 heteroatoms.